The molecule has 0 saturated carbocycles. The lowest BCUT2D eigenvalue weighted by molar-refractivity contribution is 0.182. The first-order valence-electron chi connectivity index (χ1n) is 6.11. The van der Waals surface area contributed by atoms with E-state index >= 15 is 0 Å². The van der Waals surface area contributed by atoms with Gasteiger partial charge in [-0.25, -0.2) is 4.68 Å². The van der Waals surface area contributed by atoms with Crippen molar-refractivity contribution in [2.75, 3.05) is 31.8 Å². The Balaban J connectivity index is 2.65. The van der Waals surface area contributed by atoms with E-state index in [-0.39, 0.29) is 10.6 Å². The maximum atomic E-state index is 11.9. The Kier molecular flexibility index (Phi) is 7.27. The van der Waals surface area contributed by atoms with E-state index in [0.717, 1.165) is 13.0 Å². The Morgan fingerprint density at radius 1 is 1.63 bits per heavy atom. The molecule has 1 heterocycles. The fourth-order valence-electron chi connectivity index (χ4n) is 1.45. The highest BCUT2D eigenvalue weighted by molar-refractivity contribution is 7.99. The Morgan fingerprint density at radius 2 is 2.37 bits per heavy atom. The Hall–Kier alpha value is -0.720. The van der Waals surface area contributed by atoms with Gasteiger partial charge >= 0.3 is 0 Å². The van der Waals surface area contributed by atoms with Crippen LogP contribution in [0.15, 0.2) is 11.0 Å². The number of methoxy groups -OCH3 is 1. The van der Waals surface area contributed by atoms with Gasteiger partial charge in [0.1, 0.15) is 5.02 Å². The van der Waals surface area contributed by atoms with E-state index in [1.165, 1.54) is 4.68 Å². The fraction of sp³-hybridized carbons (Fsp3) is 0.667. The Morgan fingerprint density at radius 3 is 3.00 bits per heavy atom. The predicted molar refractivity (Wildman–Crippen MR) is 81.5 cm³/mol. The molecule has 1 aromatic rings. The van der Waals surface area contributed by atoms with Crippen molar-refractivity contribution in [3.63, 3.8) is 0 Å². The van der Waals surface area contributed by atoms with E-state index in [4.69, 9.17) is 16.3 Å². The highest BCUT2D eigenvalue weighted by Gasteiger charge is 2.09. The average Bonchev–Trinajstić information content (AvgIpc) is 2.42. The van der Waals surface area contributed by atoms with Crippen LogP contribution in [0.4, 0.5) is 5.69 Å². The summed E-state index contributed by atoms with van der Waals surface area (Å²) in [5.74, 6) is 0. The molecule has 1 atom stereocenters. The van der Waals surface area contributed by atoms with Crippen LogP contribution in [0.3, 0.4) is 0 Å². The lowest BCUT2D eigenvalue weighted by Gasteiger charge is -2.12. The van der Waals surface area contributed by atoms with Crippen LogP contribution in [0, 0.1) is 0 Å². The van der Waals surface area contributed by atoms with Gasteiger partial charge in [0.05, 0.1) is 25.0 Å². The second-order valence-electron chi connectivity index (χ2n) is 4.16. The third kappa shape index (κ3) is 5.04. The minimum Gasteiger partial charge on any atom is -0.383 e. The van der Waals surface area contributed by atoms with Gasteiger partial charge in [-0.3, -0.25) is 4.79 Å². The summed E-state index contributed by atoms with van der Waals surface area (Å²) < 4.78 is 6.22. The minimum atomic E-state index is -0.290. The van der Waals surface area contributed by atoms with E-state index in [9.17, 15) is 4.79 Å². The lowest BCUT2D eigenvalue weighted by Crippen LogP contribution is -2.26. The number of halogens is 1. The van der Waals surface area contributed by atoms with E-state index in [1.54, 1.807) is 13.3 Å². The van der Waals surface area contributed by atoms with Gasteiger partial charge in [0.15, 0.2) is 0 Å². The SMILES string of the molecule is COCCn1ncc(NCCC(C)SC)c(Cl)c1=O. The molecular formula is C12H20ClN3O2S. The first-order valence-corrected chi connectivity index (χ1v) is 7.78. The summed E-state index contributed by atoms with van der Waals surface area (Å²) in [5, 5.41) is 7.97. The highest BCUT2D eigenvalue weighted by atomic mass is 35.5. The molecule has 108 valence electrons. The normalized spacial score (nSPS) is 12.4. The smallest absolute Gasteiger partial charge is 0.287 e. The third-order valence-corrected chi connectivity index (χ3v) is 4.17. The molecule has 5 nitrogen and oxygen atoms in total. The molecule has 7 heteroatoms. The number of nitrogens with zero attached hydrogens (tertiary/aromatic N) is 2. The van der Waals surface area contributed by atoms with Crippen LogP contribution in [-0.4, -0.2) is 41.5 Å². The summed E-state index contributed by atoms with van der Waals surface area (Å²) in [6.07, 6.45) is 4.67. The van der Waals surface area contributed by atoms with Crippen LogP contribution in [-0.2, 0) is 11.3 Å². The number of hydrogen-bond donors (Lipinski definition) is 1. The quantitative estimate of drug-likeness (QED) is 0.797. The second-order valence-corrected chi connectivity index (χ2v) is 5.81. The monoisotopic (exact) mass is 305 g/mol. The van der Waals surface area contributed by atoms with Gasteiger partial charge in [-0.2, -0.15) is 16.9 Å². The predicted octanol–water partition coefficient (Wildman–Crippen LogP) is 2.10. The van der Waals surface area contributed by atoms with E-state index in [0.29, 0.717) is 24.1 Å². The molecule has 0 aromatic carbocycles. The number of anilines is 1. The second kappa shape index (κ2) is 8.45. The summed E-state index contributed by atoms with van der Waals surface area (Å²) in [4.78, 5) is 11.9. The maximum Gasteiger partial charge on any atom is 0.287 e. The van der Waals surface area contributed by atoms with Crippen molar-refractivity contribution in [1.29, 1.82) is 0 Å². The number of aromatic nitrogens is 2. The van der Waals surface area contributed by atoms with Crippen molar-refractivity contribution in [3.05, 3.63) is 21.6 Å². The topological polar surface area (TPSA) is 56.1 Å². The molecular weight excluding hydrogens is 286 g/mol. The van der Waals surface area contributed by atoms with Crippen LogP contribution in [0.5, 0.6) is 0 Å². The van der Waals surface area contributed by atoms with Gasteiger partial charge in [-0.05, 0) is 12.7 Å². The van der Waals surface area contributed by atoms with Crippen LogP contribution in [0.25, 0.3) is 0 Å². The van der Waals surface area contributed by atoms with Crippen molar-refractivity contribution in [1.82, 2.24) is 9.78 Å². The molecule has 1 unspecified atom stereocenters. The van der Waals surface area contributed by atoms with Gasteiger partial charge in [-0.1, -0.05) is 18.5 Å². The largest absolute Gasteiger partial charge is 0.383 e. The van der Waals surface area contributed by atoms with E-state index in [2.05, 4.69) is 23.6 Å². The summed E-state index contributed by atoms with van der Waals surface area (Å²) in [6, 6.07) is 0. The van der Waals surface area contributed by atoms with Crippen molar-refractivity contribution in [2.24, 2.45) is 0 Å². The molecule has 0 fully saturated rings. The van der Waals surface area contributed by atoms with Crippen molar-refractivity contribution in [3.8, 4) is 0 Å². The zero-order valence-corrected chi connectivity index (χ0v) is 13.1. The van der Waals surface area contributed by atoms with Crippen molar-refractivity contribution < 1.29 is 4.74 Å². The standard InChI is InChI=1S/C12H20ClN3O2S/c1-9(19-3)4-5-14-10-8-15-16(6-7-18-2)12(17)11(10)13/h8-9,14H,4-7H2,1-3H3. The number of thioether (sulfide) groups is 1. The van der Waals surface area contributed by atoms with Crippen molar-refractivity contribution in [2.45, 2.75) is 25.1 Å². The van der Waals surface area contributed by atoms with E-state index in [1.807, 2.05) is 11.8 Å². The molecule has 0 radical (unpaired) electrons. The zero-order chi connectivity index (χ0) is 14.3. The first-order chi connectivity index (χ1) is 9.10. The summed E-state index contributed by atoms with van der Waals surface area (Å²) >= 11 is 7.86. The van der Waals surface area contributed by atoms with Crippen LogP contribution in [0.1, 0.15) is 13.3 Å². The molecule has 0 spiro atoms. The van der Waals surface area contributed by atoms with Crippen LogP contribution in [0.2, 0.25) is 5.02 Å². The Bertz CT molecular complexity index is 453. The molecule has 19 heavy (non-hydrogen) atoms. The minimum absolute atomic E-state index is 0.183. The number of nitrogens with one attached hydrogen (secondary N) is 1. The molecule has 0 aliphatic heterocycles. The number of hydrogen-bond acceptors (Lipinski definition) is 5. The maximum absolute atomic E-state index is 11.9. The molecule has 0 saturated heterocycles. The summed E-state index contributed by atoms with van der Waals surface area (Å²) in [5.41, 5.74) is 0.301. The highest BCUT2D eigenvalue weighted by Crippen LogP contribution is 2.16. The summed E-state index contributed by atoms with van der Waals surface area (Å²) in [7, 11) is 1.58. The van der Waals surface area contributed by atoms with Gasteiger partial charge < -0.3 is 10.1 Å². The zero-order valence-electron chi connectivity index (χ0n) is 11.5. The molecule has 0 aliphatic rings. The van der Waals surface area contributed by atoms with Gasteiger partial charge in [-0.15, -0.1) is 0 Å². The molecule has 0 aliphatic carbocycles. The average molecular weight is 306 g/mol. The number of ether oxygens (including phenoxy) is 1. The van der Waals surface area contributed by atoms with Gasteiger partial charge in [0.2, 0.25) is 0 Å². The van der Waals surface area contributed by atoms with Crippen molar-refractivity contribution >= 4 is 29.1 Å². The first kappa shape index (κ1) is 16.3. The molecule has 1 rings (SSSR count). The molecule has 0 bridgehead atoms. The molecule has 1 aromatic heterocycles. The summed E-state index contributed by atoms with van der Waals surface area (Å²) in [6.45, 7) is 3.76. The van der Waals surface area contributed by atoms with Gasteiger partial charge in [0.25, 0.3) is 5.56 Å². The van der Waals surface area contributed by atoms with Gasteiger partial charge in [0, 0.05) is 18.9 Å². The lowest BCUT2D eigenvalue weighted by atomic mass is 10.3. The fourth-order valence-corrected chi connectivity index (χ4v) is 2.02. The third-order valence-electron chi connectivity index (χ3n) is 2.76. The Labute approximate surface area is 122 Å². The van der Waals surface area contributed by atoms with Crippen LogP contribution >= 0.6 is 23.4 Å². The molecule has 1 N–H and O–H groups in total. The number of rotatable bonds is 8. The van der Waals surface area contributed by atoms with E-state index < -0.39 is 0 Å². The molecule has 0 amide bonds. The van der Waals surface area contributed by atoms with Crippen LogP contribution < -0.4 is 10.9 Å².